The minimum Gasteiger partial charge on any atom is -0.356 e. The predicted molar refractivity (Wildman–Crippen MR) is 94.2 cm³/mol. The van der Waals surface area contributed by atoms with Gasteiger partial charge in [-0.2, -0.15) is 17.5 Å². The molecule has 152 valence electrons. The molecule has 11 heteroatoms. The topological polar surface area (TPSA) is 77.0 Å². The summed E-state index contributed by atoms with van der Waals surface area (Å²) in [6, 6.07) is 0. The van der Waals surface area contributed by atoms with Crippen LogP contribution in [0.2, 0.25) is 0 Å². The molecular formula is C15H28F3N5O2S. The second-order valence-corrected chi connectivity index (χ2v) is 8.97. The third kappa shape index (κ3) is 5.46. The van der Waals surface area contributed by atoms with E-state index in [9.17, 15) is 21.6 Å². The maximum Gasteiger partial charge on any atom is 0.511 e. The number of nitrogens with zero attached hydrogens (tertiary/aromatic N) is 3. The highest BCUT2D eigenvalue weighted by Crippen LogP contribution is 2.30. The number of piperidine rings is 1. The van der Waals surface area contributed by atoms with E-state index in [1.54, 1.807) is 7.05 Å². The summed E-state index contributed by atoms with van der Waals surface area (Å²) in [7, 11) is -1.44. The lowest BCUT2D eigenvalue weighted by molar-refractivity contribution is -0.0496. The molecule has 0 radical (unpaired) electrons. The molecule has 0 aliphatic carbocycles. The molecule has 0 bridgehead atoms. The largest absolute Gasteiger partial charge is 0.511 e. The molecule has 2 rings (SSSR count). The van der Waals surface area contributed by atoms with Crippen LogP contribution in [0.5, 0.6) is 0 Å². The Kier molecular flexibility index (Phi) is 7.14. The molecule has 2 aliphatic heterocycles. The fraction of sp³-hybridized carbons (Fsp3) is 0.933. The minimum atomic E-state index is -5.22. The second-order valence-electron chi connectivity index (χ2n) is 7.04. The normalized spacial score (nSPS) is 24.8. The van der Waals surface area contributed by atoms with E-state index in [-0.39, 0.29) is 19.0 Å². The summed E-state index contributed by atoms with van der Waals surface area (Å²) in [6.07, 6.45) is 1.94. The van der Waals surface area contributed by atoms with Gasteiger partial charge in [-0.25, -0.2) is 8.42 Å². The number of hydrogen-bond acceptors (Lipinski definition) is 4. The van der Waals surface area contributed by atoms with Crippen molar-refractivity contribution in [2.75, 3.05) is 53.4 Å². The number of guanidine groups is 1. The third-order valence-corrected chi connectivity index (χ3v) is 6.66. The van der Waals surface area contributed by atoms with Crippen LogP contribution in [0.4, 0.5) is 13.2 Å². The number of rotatable bonds is 5. The summed E-state index contributed by atoms with van der Waals surface area (Å²) in [5, 5.41) is 6.47. The first-order valence-electron chi connectivity index (χ1n) is 8.83. The van der Waals surface area contributed by atoms with Crippen LogP contribution in [-0.2, 0) is 10.0 Å². The minimum absolute atomic E-state index is 0.103. The number of hydrogen-bond donors (Lipinski definition) is 2. The third-order valence-electron chi connectivity index (χ3n) is 5.03. The average molecular weight is 399 g/mol. The van der Waals surface area contributed by atoms with E-state index in [2.05, 4.69) is 27.6 Å². The van der Waals surface area contributed by atoms with Crippen molar-refractivity contribution in [3.63, 3.8) is 0 Å². The average Bonchev–Trinajstić information content (AvgIpc) is 3.00. The summed E-state index contributed by atoms with van der Waals surface area (Å²) < 4.78 is 61.1. The number of aliphatic imine (C=N–C) groups is 1. The van der Waals surface area contributed by atoms with Gasteiger partial charge in [-0.3, -0.25) is 4.99 Å². The van der Waals surface area contributed by atoms with E-state index in [1.807, 2.05) is 0 Å². The highest BCUT2D eigenvalue weighted by molar-refractivity contribution is 7.90. The van der Waals surface area contributed by atoms with Gasteiger partial charge in [-0.15, -0.1) is 0 Å². The lowest BCUT2D eigenvalue weighted by Crippen LogP contribution is -2.47. The van der Waals surface area contributed by atoms with Crippen LogP contribution < -0.4 is 10.6 Å². The van der Waals surface area contributed by atoms with Crippen molar-refractivity contribution in [3.05, 3.63) is 0 Å². The molecule has 2 fully saturated rings. The molecule has 26 heavy (non-hydrogen) atoms. The molecule has 1 unspecified atom stereocenters. The Morgan fingerprint density at radius 2 is 1.62 bits per heavy atom. The van der Waals surface area contributed by atoms with E-state index >= 15 is 0 Å². The molecule has 2 heterocycles. The van der Waals surface area contributed by atoms with Gasteiger partial charge < -0.3 is 15.5 Å². The van der Waals surface area contributed by atoms with Crippen LogP contribution in [0, 0.1) is 11.8 Å². The van der Waals surface area contributed by atoms with Crippen molar-refractivity contribution in [2.45, 2.75) is 24.8 Å². The lowest BCUT2D eigenvalue weighted by Gasteiger charge is -2.31. The van der Waals surface area contributed by atoms with Gasteiger partial charge in [-0.05, 0) is 44.7 Å². The first-order valence-corrected chi connectivity index (χ1v) is 10.3. The first kappa shape index (κ1) is 21.2. The molecular weight excluding hydrogens is 371 g/mol. The van der Waals surface area contributed by atoms with E-state index in [4.69, 9.17) is 0 Å². The van der Waals surface area contributed by atoms with E-state index < -0.39 is 15.5 Å². The molecule has 2 N–H and O–H groups in total. The Hall–Kier alpha value is -1.07. The zero-order valence-corrected chi connectivity index (χ0v) is 16.0. The Balaban J connectivity index is 1.72. The van der Waals surface area contributed by atoms with Crippen LogP contribution in [0.3, 0.4) is 0 Å². The Bertz CT molecular complexity index is 589. The van der Waals surface area contributed by atoms with Gasteiger partial charge >= 0.3 is 15.5 Å². The SMILES string of the molecule is CN=C(NCC1CCN(S(=O)(=O)C(F)(F)F)CC1)NCC1CCN(C)C1. The zero-order valence-electron chi connectivity index (χ0n) is 15.2. The second kappa shape index (κ2) is 8.75. The Morgan fingerprint density at radius 1 is 1.08 bits per heavy atom. The van der Waals surface area contributed by atoms with Crippen molar-refractivity contribution in [1.82, 2.24) is 19.8 Å². The zero-order chi connectivity index (χ0) is 19.4. The number of nitrogens with one attached hydrogen (secondary N) is 2. The molecule has 0 aromatic rings. The van der Waals surface area contributed by atoms with Gasteiger partial charge in [0, 0.05) is 39.8 Å². The lowest BCUT2D eigenvalue weighted by atomic mass is 9.98. The maximum atomic E-state index is 12.6. The van der Waals surface area contributed by atoms with Gasteiger partial charge in [0.15, 0.2) is 5.96 Å². The fourth-order valence-electron chi connectivity index (χ4n) is 3.40. The molecule has 2 aliphatic rings. The maximum absolute atomic E-state index is 12.6. The summed E-state index contributed by atoms with van der Waals surface area (Å²) >= 11 is 0. The van der Waals surface area contributed by atoms with Crippen LogP contribution >= 0.6 is 0 Å². The van der Waals surface area contributed by atoms with Crippen LogP contribution in [0.1, 0.15) is 19.3 Å². The summed E-state index contributed by atoms with van der Waals surface area (Å²) in [5.41, 5.74) is -5.22. The monoisotopic (exact) mass is 399 g/mol. The smallest absolute Gasteiger partial charge is 0.356 e. The van der Waals surface area contributed by atoms with Gasteiger partial charge in [-0.1, -0.05) is 0 Å². The van der Waals surface area contributed by atoms with E-state index in [1.165, 1.54) is 0 Å². The summed E-state index contributed by atoms with van der Waals surface area (Å²) in [4.78, 5) is 6.45. The van der Waals surface area contributed by atoms with Crippen molar-refractivity contribution >= 4 is 16.0 Å². The van der Waals surface area contributed by atoms with Crippen molar-refractivity contribution in [1.29, 1.82) is 0 Å². The van der Waals surface area contributed by atoms with Crippen molar-refractivity contribution in [2.24, 2.45) is 16.8 Å². The number of likely N-dealkylation sites (tertiary alicyclic amines) is 1. The molecule has 0 aromatic carbocycles. The van der Waals surface area contributed by atoms with Gasteiger partial charge in [0.25, 0.3) is 0 Å². The van der Waals surface area contributed by atoms with Crippen LogP contribution in [0.15, 0.2) is 4.99 Å². The van der Waals surface area contributed by atoms with Crippen LogP contribution in [-0.4, -0.2) is 82.5 Å². The van der Waals surface area contributed by atoms with E-state index in [0.29, 0.717) is 35.6 Å². The Labute approximate surface area is 153 Å². The standard InChI is InChI=1S/C15H28F3N5O2S/c1-19-14(21-10-13-3-6-22(2)11-13)20-9-12-4-7-23(8-5-12)26(24,25)15(16,17)18/h12-13H,3-11H2,1-2H3,(H2,19,20,21). The number of sulfonamides is 1. The highest BCUT2D eigenvalue weighted by Gasteiger charge is 2.50. The molecule has 0 amide bonds. The molecule has 2 saturated heterocycles. The van der Waals surface area contributed by atoms with Gasteiger partial charge in [0.05, 0.1) is 0 Å². The van der Waals surface area contributed by atoms with E-state index in [0.717, 1.165) is 26.1 Å². The highest BCUT2D eigenvalue weighted by atomic mass is 32.2. The van der Waals surface area contributed by atoms with Crippen molar-refractivity contribution < 1.29 is 21.6 Å². The predicted octanol–water partition coefficient (Wildman–Crippen LogP) is 0.665. The Morgan fingerprint density at radius 3 is 2.08 bits per heavy atom. The number of alkyl halides is 3. The van der Waals surface area contributed by atoms with Crippen LogP contribution in [0.25, 0.3) is 0 Å². The first-order chi connectivity index (χ1) is 12.1. The summed E-state index contributed by atoms with van der Waals surface area (Å²) in [5.74, 6) is 1.37. The molecule has 1 atom stereocenters. The van der Waals surface area contributed by atoms with Crippen molar-refractivity contribution in [3.8, 4) is 0 Å². The molecule has 7 nitrogen and oxygen atoms in total. The van der Waals surface area contributed by atoms with Gasteiger partial charge in [0.1, 0.15) is 0 Å². The fourth-order valence-corrected chi connectivity index (χ4v) is 4.38. The quantitative estimate of drug-likeness (QED) is 0.525. The molecule has 0 aromatic heterocycles. The molecule has 0 spiro atoms. The number of halogens is 3. The summed E-state index contributed by atoms with van der Waals surface area (Å²) in [6.45, 7) is 3.33. The molecule has 0 saturated carbocycles. The van der Waals surface area contributed by atoms with Gasteiger partial charge in [0.2, 0.25) is 0 Å².